The molecule has 58 heavy (non-hydrogen) atoms. The van der Waals surface area contributed by atoms with E-state index in [0.29, 0.717) is 19.3 Å². The van der Waals surface area contributed by atoms with E-state index < -0.39 is 18.2 Å². The molecule has 3 unspecified atom stereocenters. The van der Waals surface area contributed by atoms with Crippen LogP contribution in [0.3, 0.4) is 0 Å². The summed E-state index contributed by atoms with van der Waals surface area (Å²) >= 11 is 0. The molecule has 6 heteroatoms. The van der Waals surface area contributed by atoms with E-state index in [-0.39, 0.29) is 24.9 Å². The lowest BCUT2D eigenvalue weighted by Crippen LogP contribution is -2.46. The molecule has 0 aromatic carbocycles. The number of carbonyl (C=O) groups is 2. The highest BCUT2D eigenvalue weighted by Crippen LogP contribution is 2.17. The van der Waals surface area contributed by atoms with Crippen molar-refractivity contribution in [1.29, 1.82) is 0 Å². The van der Waals surface area contributed by atoms with Crippen LogP contribution in [0.25, 0.3) is 0 Å². The molecule has 3 N–H and O–H groups in total. The van der Waals surface area contributed by atoms with Crippen molar-refractivity contribution < 1.29 is 24.5 Å². The smallest absolute Gasteiger partial charge is 0.306 e. The Bertz CT molecular complexity index is 1000. The number of carbonyl (C=O) groups excluding carboxylic acids is 2. The Kier molecular flexibility index (Phi) is 44.2. The Morgan fingerprint density at radius 2 is 0.966 bits per heavy atom. The SMILES string of the molecule is CC/C=C/C=C/C=C\CCCCCCCC(=O)OC(CCC/C=C\CCCCCCCCC)CC(=O)NC(CO)C(O)CCCCCCCCCCCCCCCC. The van der Waals surface area contributed by atoms with Crippen LogP contribution in [-0.4, -0.2) is 46.9 Å². The summed E-state index contributed by atoms with van der Waals surface area (Å²) in [6.45, 7) is 6.33. The van der Waals surface area contributed by atoms with Crippen molar-refractivity contribution in [3.8, 4) is 0 Å². The number of unbranched alkanes of at least 4 members (excludes halogenated alkanes) is 26. The average Bonchev–Trinajstić information content (AvgIpc) is 3.22. The topological polar surface area (TPSA) is 95.9 Å². The molecule has 0 aliphatic heterocycles. The zero-order valence-corrected chi connectivity index (χ0v) is 38.4. The van der Waals surface area contributed by atoms with E-state index in [0.717, 1.165) is 83.5 Å². The summed E-state index contributed by atoms with van der Waals surface area (Å²) in [6.07, 6.45) is 54.6. The number of nitrogens with one attached hydrogen (secondary N) is 1. The number of hydrogen-bond acceptors (Lipinski definition) is 5. The van der Waals surface area contributed by atoms with Crippen LogP contribution in [0.15, 0.2) is 48.6 Å². The molecule has 3 atom stereocenters. The molecule has 1 amide bonds. The maximum absolute atomic E-state index is 13.2. The molecule has 0 radical (unpaired) electrons. The van der Waals surface area contributed by atoms with Gasteiger partial charge in [0.25, 0.3) is 0 Å². The van der Waals surface area contributed by atoms with Gasteiger partial charge in [0.2, 0.25) is 5.91 Å². The van der Waals surface area contributed by atoms with E-state index in [1.165, 1.54) is 116 Å². The number of ether oxygens (including phenoxy) is 1. The zero-order chi connectivity index (χ0) is 42.4. The Balaban J connectivity index is 4.60. The lowest BCUT2D eigenvalue weighted by Gasteiger charge is -2.24. The first-order chi connectivity index (χ1) is 28.5. The maximum atomic E-state index is 13.2. The van der Waals surface area contributed by atoms with Gasteiger partial charge >= 0.3 is 5.97 Å². The summed E-state index contributed by atoms with van der Waals surface area (Å²) in [5, 5.41) is 23.7. The number of hydrogen-bond donors (Lipinski definition) is 3. The van der Waals surface area contributed by atoms with Crippen molar-refractivity contribution in [2.24, 2.45) is 0 Å². The van der Waals surface area contributed by atoms with Gasteiger partial charge in [0.05, 0.1) is 25.2 Å². The standard InChI is InChI=1S/C52H95NO5/c1-4-7-10-13-16-19-22-25-27-29-32-35-38-41-44-50(55)49(47-54)53-51(56)46-48(43-40-37-34-31-28-24-21-18-15-12-9-6-3)58-52(57)45-42-39-36-33-30-26-23-20-17-14-11-8-5-2/h8,11,14,17,20,23,31,34,48-50,54-55H,4-7,9-10,12-13,15-16,18-19,21-22,24-30,32-33,35-47H2,1-3H3,(H,53,56)/b11-8+,17-14+,23-20-,34-31-. The largest absolute Gasteiger partial charge is 0.462 e. The van der Waals surface area contributed by atoms with Crippen LogP contribution in [0.4, 0.5) is 0 Å². The summed E-state index contributed by atoms with van der Waals surface area (Å²) in [7, 11) is 0. The van der Waals surface area contributed by atoms with Gasteiger partial charge in [-0.25, -0.2) is 0 Å². The maximum Gasteiger partial charge on any atom is 0.306 e. The van der Waals surface area contributed by atoms with Gasteiger partial charge in [0.15, 0.2) is 0 Å². The minimum atomic E-state index is -0.797. The van der Waals surface area contributed by atoms with Crippen molar-refractivity contribution in [3.63, 3.8) is 0 Å². The lowest BCUT2D eigenvalue weighted by atomic mass is 10.0. The van der Waals surface area contributed by atoms with Crippen LogP contribution in [0.5, 0.6) is 0 Å². The Morgan fingerprint density at radius 1 is 0.517 bits per heavy atom. The van der Waals surface area contributed by atoms with Crippen LogP contribution < -0.4 is 5.32 Å². The molecule has 0 aromatic rings. The molecule has 0 bridgehead atoms. The molecule has 0 rings (SSSR count). The fourth-order valence-electron chi connectivity index (χ4n) is 7.43. The minimum absolute atomic E-state index is 0.0488. The third-order valence-electron chi connectivity index (χ3n) is 11.2. The summed E-state index contributed by atoms with van der Waals surface area (Å²) in [4.78, 5) is 26.0. The van der Waals surface area contributed by atoms with Gasteiger partial charge in [-0.2, -0.15) is 0 Å². The van der Waals surface area contributed by atoms with Gasteiger partial charge in [0, 0.05) is 6.42 Å². The molecule has 0 heterocycles. The molecule has 0 fully saturated rings. The molecule has 0 saturated carbocycles. The Hall–Kier alpha value is -2.18. The van der Waals surface area contributed by atoms with Gasteiger partial charge in [0.1, 0.15) is 6.10 Å². The molecule has 6 nitrogen and oxygen atoms in total. The van der Waals surface area contributed by atoms with E-state index in [1.54, 1.807) is 0 Å². The van der Waals surface area contributed by atoms with Gasteiger partial charge < -0.3 is 20.3 Å². The second kappa shape index (κ2) is 45.9. The molecular formula is C52H95NO5. The number of rotatable bonds is 44. The lowest BCUT2D eigenvalue weighted by molar-refractivity contribution is -0.151. The molecular weight excluding hydrogens is 719 g/mol. The summed E-state index contributed by atoms with van der Waals surface area (Å²) < 4.78 is 5.89. The first-order valence-corrected chi connectivity index (χ1v) is 24.9. The van der Waals surface area contributed by atoms with Crippen LogP contribution in [0.1, 0.15) is 245 Å². The predicted molar refractivity (Wildman–Crippen MR) is 250 cm³/mol. The van der Waals surface area contributed by atoms with E-state index in [1.807, 2.05) is 0 Å². The Labute approximate surface area is 359 Å². The number of amides is 1. The average molecular weight is 814 g/mol. The monoisotopic (exact) mass is 814 g/mol. The van der Waals surface area contributed by atoms with Crippen LogP contribution in [0, 0.1) is 0 Å². The highest BCUT2D eigenvalue weighted by atomic mass is 16.5. The second-order valence-electron chi connectivity index (χ2n) is 16.9. The highest BCUT2D eigenvalue weighted by Gasteiger charge is 2.24. The van der Waals surface area contributed by atoms with E-state index in [2.05, 4.69) is 74.7 Å². The summed E-state index contributed by atoms with van der Waals surface area (Å²) in [5.74, 6) is -0.524. The molecule has 0 aliphatic carbocycles. The number of allylic oxidation sites excluding steroid dienone is 8. The molecule has 0 aromatic heterocycles. The van der Waals surface area contributed by atoms with Crippen LogP contribution in [0.2, 0.25) is 0 Å². The van der Waals surface area contributed by atoms with Gasteiger partial charge in [-0.3, -0.25) is 9.59 Å². The molecule has 338 valence electrons. The van der Waals surface area contributed by atoms with E-state index in [9.17, 15) is 19.8 Å². The van der Waals surface area contributed by atoms with Crippen molar-refractivity contribution in [1.82, 2.24) is 5.32 Å². The van der Waals surface area contributed by atoms with E-state index >= 15 is 0 Å². The van der Waals surface area contributed by atoms with Gasteiger partial charge in [-0.05, 0) is 64.2 Å². The second-order valence-corrected chi connectivity index (χ2v) is 16.9. The third-order valence-corrected chi connectivity index (χ3v) is 11.2. The van der Waals surface area contributed by atoms with Gasteiger partial charge in [-0.15, -0.1) is 0 Å². The first-order valence-electron chi connectivity index (χ1n) is 24.9. The number of aliphatic hydroxyl groups excluding tert-OH is 2. The minimum Gasteiger partial charge on any atom is -0.462 e. The van der Waals surface area contributed by atoms with Gasteiger partial charge in [-0.1, -0.05) is 217 Å². The molecule has 0 aliphatic rings. The van der Waals surface area contributed by atoms with Crippen LogP contribution >= 0.6 is 0 Å². The highest BCUT2D eigenvalue weighted by molar-refractivity contribution is 5.77. The van der Waals surface area contributed by atoms with Crippen LogP contribution in [-0.2, 0) is 14.3 Å². The molecule has 0 spiro atoms. The van der Waals surface area contributed by atoms with Crippen molar-refractivity contribution in [2.75, 3.05) is 6.61 Å². The quantitative estimate of drug-likeness (QED) is 0.0246. The first kappa shape index (κ1) is 55.8. The fraction of sp³-hybridized carbons (Fsp3) is 0.808. The third kappa shape index (κ3) is 40.6. The molecule has 0 saturated heterocycles. The number of esters is 1. The zero-order valence-electron chi connectivity index (χ0n) is 38.4. The summed E-state index contributed by atoms with van der Waals surface area (Å²) in [6, 6.07) is -0.713. The fourth-order valence-corrected chi connectivity index (χ4v) is 7.43. The summed E-state index contributed by atoms with van der Waals surface area (Å²) in [5.41, 5.74) is 0. The van der Waals surface area contributed by atoms with Crippen molar-refractivity contribution in [3.05, 3.63) is 48.6 Å². The number of aliphatic hydroxyl groups is 2. The predicted octanol–water partition coefficient (Wildman–Crippen LogP) is 14.7. The Morgan fingerprint density at radius 3 is 1.48 bits per heavy atom. The normalized spacial score (nSPS) is 13.7. The van der Waals surface area contributed by atoms with E-state index in [4.69, 9.17) is 4.74 Å². The van der Waals surface area contributed by atoms with Crippen molar-refractivity contribution >= 4 is 11.9 Å². The van der Waals surface area contributed by atoms with Crippen molar-refractivity contribution in [2.45, 2.75) is 264 Å².